The second kappa shape index (κ2) is 5.74. The van der Waals surface area contributed by atoms with Crippen molar-refractivity contribution in [3.63, 3.8) is 0 Å². The van der Waals surface area contributed by atoms with Crippen LogP contribution < -0.4 is 0 Å². The predicted molar refractivity (Wildman–Crippen MR) is 93.6 cm³/mol. The highest BCUT2D eigenvalue weighted by Crippen LogP contribution is 2.37. The van der Waals surface area contributed by atoms with Gasteiger partial charge in [0.05, 0.1) is 10.5 Å². The average molecular weight is 322 g/mol. The van der Waals surface area contributed by atoms with Crippen LogP contribution >= 0.6 is 11.6 Å². The fourth-order valence-corrected chi connectivity index (χ4v) is 3.69. The number of pyridine rings is 1. The first-order valence-corrected chi connectivity index (χ1v) is 8.13. The maximum absolute atomic E-state index is 6.66. The van der Waals surface area contributed by atoms with Crippen LogP contribution in [0.5, 0.6) is 0 Å². The van der Waals surface area contributed by atoms with E-state index in [4.69, 9.17) is 16.6 Å². The van der Waals surface area contributed by atoms with Gasteiger partial charge in [-0.3, -0.25) is 4.98 Å². The van der Waals surface area contributed by atoms with Gasteiger partial charge in [0.15, 0.2) is 0 Å². The van der Waals surface area contributed by atoms with Crippen molar-refractivity contribution >= 4 is 28.6 Å². The summed E-state index contributed by atoms with van der Waals surface area (Å²) in [6.07, 6.45) is 8.10. The van der Waals surface area contributed by atoms with Gasteiger partial charge in [0.1, 0.15) is 6.33 Å². The zero-order chi connectivity index (χ0) is 15.8. The summed E-state index contributed by atoms with van der Waals surface area (Å²) in [7, 11) is 0. The molecule has 1 aromatic carbocycles. The van der Waals surface area contributed by atoms with Crippen LogP contribution in [-0.2, 0) is 12.8 Å². The second-order valence-electron chi connectivity index (χ2n) is 5.91. The second-order valence-corrected chi connectivity index (χ2v) is 6.28. The van der Waals surface area contributed by atoms with Crippen molar-refractivity contribution in [2.24, 2.45) is 0 Å². The molecule has 3 nitrogen and oxygen atoms in total. The Morgan fingerprint density at radius 2 is 2.17 bits per heavy atom. The smallest absolute Gasteiger partial charge is 0.115 e. The van der Waals surface area contributed by atoms with Gasteiger partial charge in [-0.2, -0.15) is 0 Å². The Hall–Kier alpha value is -2.26. The summed E-state index contributed by atoms with van der Waals surface area (Å²) in [5, 5.41) is 1.87. The molecular formula is C19H16ClN3. The van der Waals surface area contributed by atoms with Crippen molar-refractivity contribution in [3.8, 4) is 0 Å². The maximum atomic E-state index is 6.66. The zero-order valence-corrected chi connectivity index (χ0v) is 13.4. The lowest BCUT2D eigenvalue weighted by Gasteiger charge is -2.25. The number of hydrogen-bond acceptors (Lipinski definition) is 3. The molecule has 0 radical (unpaired) electrons. The molecule has 3 aromatic rings. The van der Waals surface area contributed by atoms with Gasteiger partial charge in [-0.05, 0) is 42.5 Å². The van der Waals surface area contributed by atoms with Crippen LogP contribution in [0.2, 0.25) is 5.02 Å². The summed E-state index contributed by atoms with van der Waals surface area (Å²) >= 11 is 6.66. The summed E-state index contributed by atoms with van der Waals surface area (Å²) in [4.78, 5) is 13.3. The number of aromatic nitrogens is 3. The molecule has 0 bridgehead atoms. The van der Waals surface area contributed by atoms with Gasteiger partial charge in [-0.15, -0.1) is 0 Å². The molecule has 0 aliphatic heterocycles. The molecule has 1 aliphatic rings. The van der Waals surface area contributed by atoms with Gasteiger partial charge in [-0.25, -0.2) is 9.97 Å². The maximum Gasteiger partial charge on any atom is 0.115 e. The highest BCUT2D eigenvalue weighted by Gasteiger charge is 2.25. The van der Waals surface area contributed by atoms with Crippen LogP contribution in [0, 0.1) is 0 Å². The summed E-state index contributed by atoms with van der Waals surface area (Å²) in [6.45, 7) is 3.82. The molecule has 0 saturated heterocycles. The van der Waals surface area contributed by atoms with Crippen molar-refractivity contribution < 1.29 is 0 Å². The molecule has 1 atom stereocenters. The SMILES string of the molecule is C=Cc1ccc2c(Cl)c3c(nc2c1)CC(c1ccncn1)CC3. The molecule has 23 heavy (non-hydrogen) atoms. The molecule has 4 rings (SSSR count). The monoisotopic (exact) mass is 321 g/mol. The Balaban J connectivity index is 1.80. The van der Waals surface area contributed by atoms with Crippen LogP contribution in [-0.4, -0.2) is 15.0 Å². The summed E-state index contributed by atoms with van der Waals surface area (Å²) < 4.78 is 0. The van der Waals surface area contributed by atoms with Gasteiger partial charge < -0.3 is 0 Å². The number of halogens is 1. The van der Waals surface area contributed by atoms with Gasteiger partial charge in [0.2, 0.25) is 0 Å². The first-order valence-electron chi connectivity index (χ1n) is 7.75. The van der Waals surface area contributed by atoms with E-state index in [1.54, 1.807) is 12.5 Å². The topological polar surface area (TPSA) is 38.7 Å². The Kier molecular flexibility index (Phi) is 3.58. The summed E-state index contributed by atoms with van der Waals surface area (Å²) in [5.41, 5.74) is 5.37. The molecule has 0 N–H and O–H groups in total. The van der Waals surface area contributed by atoms with E-state index in [0.29, 0.717) is 5.92 Å². The first kappa shape index (κ1) is 14.3. The van der Waals surface area contributed by atoms with E-state index >= 15 is 0 Å². The molecule has 2 aromatic heterocycles. The molecule has 1 aliphatic carbocycles. The average Bonchev–Trinajstić information content (AvgIpc) is 2.61. The lowest BCUT2D eigenvalue weighted by Crippen LogP contribution is -2.16. The molecule has 4 heteroatoms. The Bertz CT molecular complexity index is 890. The number of benzene rings is 1. The molecule has 0 fully saturated rings. The first-order chi connectivity index (χ1) is 11.3. The minimum Gasteiger partial charge on any atom is -0.252 e. The number of nitrogens with zero attached hydrogens (tertiary/aromatic N) is 3. The largest absolute Gasteiger partial charge is 0.252 e. The highest BCUT2D eigenvalue weighted by atomic mass is 35.5. The highest BCUT2D eigenvalue weighted by molar-refractivity contribution is 6.36. The van der Waals surface area contributed by atoms with E-state index in [1.165, 1.54) is 5.56 Å². The van der Waals surface area contributed by atoms with Gasteiger partial charge >= 0.3 is 0 Å². The van der Waals surface area contributed by atoms with Crippen molar-refractivity contribution in [3.05, 3.63) is 70.9 Å². The normalized spacial score (nSPS) is 17.0. The van der Waals surface area contributed by atoms with E-state index in [0.717, 1.165) is 52.1 Å². The van der Waals surface area contributed by atoms with Crippen LogP contribution in [0.15, 0.2) is 43.4 Å². The molecule has 0 spiro atoms. The van der Waals surface area contributed by atoms with Gasteiger partial charge in [0.25, 0.3) is 0 Å². The van der Waals surface area contributed by atoms with E-state index in [1.807, 2.05) is 30.3 Å². The lowest BCUT2D eigenvalue weighted by atomic mass is 9.84. The number of hydrogen-bond donors (Lipinski definition) is 0. The van der Waals surface area contributed by atoms with Crippen molar-refractivity contribution in [1.29, 1.82) is 0 Å². The third-order valence-electron chi connectivity index (χ3n) is 4.57. The van der Waals surface area contributed by atoms with Gasteiger partial charge in [-0.1, -0.05) is 36.4 Å². The molecular weight excluding hydrogens is 306 g/mol. The Morgan fingerprint density at radius 3 is 2.96 bits per heavy atom. The number of rotatable bonds is 2. The molecule has 1 unspecified atom stereocenters. The van der Waals surface area contributed by atoms with Crippen LogP contribution in [0.3, 0.4) is 0 Å². The fourth-order valence-electron chi connectivity index (χ4n) is 3.33. The lowest BCUT2D eigenvalue weighted by molar-refractivity contribution is 0.560. The van der Waals surface area contributed by atoms with Gasteiger partial charge in [0, 0.05) is 28.9 Å². The van der Waals surface area contributed by atoms with E-state index < -0.39 is 0 Å². The zero-order valence-electron chi connectivity index (χ0n) is 12.7. The van der Waals surface area contributed by atoms with Crippen LogP contribution in [0.4, 0.5) is 0 Å². The standard InChI is InChI=1S/C19H16ClN3/c1-2-12-3-5-14-17(9-12)23-18-10-13(4-6-15(18)19(14)20)16-7-8-21-11-22-16/h2-3,5,7-9,11,13H,1,4,6,10H2. The van der Waals surface area contributed by atoms with E-state index in [2.05, 4.69) is 16.5 Å². The quantitative estimate of drug-likeness (QED) is 0.692. The van der Waals surface area contributed by atoms with E-state index in [-0.39, 0.29) is 0 Å². The summed E-state index contributed by atoms with van der Waals surface area (Å²) in [5.74, 6) is 0.383. The molecule has 0 amide bonds. The Morgan fingerprint density at radius 1 is 1.26 bits per heavy atom. The van der Waals surface area contributed by atoms with Crippen LogP contribution in [0.1, 0.15) is 34.9 Å². The van der Waals surface area contributed by atoms with E-state index in [9.17, 15) is 0 Å². The molecule has 2 heterocycles. The molecule has 114 valence electrons. The van der Waals surface area contributed by atoms with Crippen molar-refractivity contribution in [2.75, 3.05) is 0 Å². The minimum atomic E-state index is 0.383. The Labute approximate surface area is 140 Å². The number of fused-ring (bicyclic) bond motifs is 2. The van der Waals surface area contributed by atoms with Crippen molar-refractivity contribution in [2.45, 2.75) is 25.2 Å². The summed E-state index contributed by atoms with van der Waals surface area (Å²) in [6, 6.07) is 8.11. The third-order valence-corrected chi connectivity index (χ3v) is 5.00. The predicted octanol–water partition coefficient (Wildman–Crippen LogP) is 4.59. The molecule has 0 saturated carbocycles. The minimum absolute atomic E-state index is 0.383. The third kappa shape index (κ3) is 2.51. The van der Waals surface area contributed by atoms with Crippen LogP contribution in [0.25, 0.3) is 17.0 Å². The fraction of sp³-hybridized carbons (Fsp3) is 0.211. The van der Waals surface area contributed by atoms with Crippen molar-refractivity contribution in [1.82, 2.24) is 15.0 Å².